The third-order valence-electron chi connectivity index (χ3n) is 6.18. The molecule has 10 heteroatoms. The normalized spacial score (nSPS) is 16.0. The van der Waals surface area contributed by atoms with Gasteiger partial charge in [-0.2, -0.15) is 21.6 Å². The summed E-state index contributed by atoms with van der Waals surface area (Å²) in [6.45, 7) is 2.59. The summed E-state index contributed by atoms with van der Waals surface area (Å²) >= 11 is 0. The fourth-order valence-electron chi connectivity index (χ4n) is 4.35. The van der Waals surface area contributed by atoms with E-state index in [2.05, 4.69) is 16.0 Å². The minimum Gasteiger partial charge on any atom is -0.478 e. The number of hydrogen-bond donors (Lipinski definition) is 1. The Morgan fingerprint density at radius 2 is 1.76 bits per heavy atom. The number of aliphatic carboxylic acids is 1. The molecule has 3 aromatic carbocycles. The summed E-state index contributed by atoms with van der Waals surface area (Å²) in [6, 6.07) is 19.3. The van der Waals surface area contributed by atoms with Gasteiger partial charge in [-0.25, -0.2) is 4.79 Å². The van der Waals surface area contributed by atoms with E-state index in [0.717, 1.165) is 29.3 Å². The van der Waals surface area contributed by atoms with Crippen LogP contribution in [-0.2, 0) is 27.8 Å². The molecular formula is C27H24F3NO5S. The Morgan fingerprint density at radius 1 is 1.08 bits per heavy atom. The van der Waals surface area contributed by atoms with Crippen molar-refractivity contribution in [2.75, 3.05) is 11.4 Å². The zero-order valence-corrected chi connectivity index (χ0v) is 20.6. The van der Waals surface area contributed by atoms with E-state index in [0.29, 0.717) is 24.1 Å². The molecule has 6 nitrogen and oxygen atoms in total. The van der Waals surface area contributed by atoms with Crippen LogP contribution < -0.4 is 9.08 Å². The molecule has 0 saturated carbocycles. The van der Waals surface area contributed by atoms with Crippen molar-refractivity contribution < 1.29 is 35.7 Å². The Morgan fingerprint density at radius 3 is 2.35 bits per heavy atom. The van der Waals surface area contributed by atoms with E-state index >= 15 is 0 Å². The van der Waals surface area contributed by atoms with E-state index < -0.39 is 27.3 Å². The molecule has 0 fully saturated rings. The van der Waals surface area contributed by atoms with E-state index in [1.165, 1.54) is 23.8 Å². The molecule has 1 aliphatic rings. The van der Waals surface area contributed by atoms with Crippen molar-refractivity contribution in [2.24, 2.45) is 0 Å². The third-order valence-corrected chi connectivity index (χ3v) is 7.16. The molecule has 0 amide bonds. The van der Waals surface area contributed by atoms with Gasteiger partial charge >= 0.3 is 21.6 Å². The van der Waals surface area contributed by atoms with Crippen LogP contribution in [0.2, 0.25) is 0 Å². The smallest absolute Gasteiger partial charge is 0.478 e. The van der Waals surface area contributed by atoms with E-state index in [9.17, 15) is 26.4 Å². The number of carboxylic acids is 1. The highest BCUT2D eigenvalue weighted by Crippen LogP contribution is 2.40. The highest BCUT2D eigenvalue weighted by Gasteiger charge is 2.48. The zero-order valence-electron chi connectivity index (χ0n) is 19.8. The predicted molar refractivity (Wildman–Crippen MR) is 134 cm³/mol. The summed E-state index contributed by atoms with van der Waals surface area (Å²) in [7, 11) is -5.78. The van der Waals surface area contributed by atoms with Crippen molar-refractivity contribution in [1.29, 1.82) is 0 Å². The number of nitrogens with zero attached hydrogens (tertiary/aromatic N) is 1. The lowest BCUT2D eigenvalue weighted by atomic mass is 9.87. The summed E-state index contributed by atoms with van der Waals surface area (Å²) in [6.07, 6.45) is 3.88. The highest BCUT2D eigenvalue weighted by molar-refractivity contribution is 7.88. The van der Waals surface area contributed by atoms with Crippen LogP contribution in [0.3, 0.4) is 0 Å². The topological polar surface area (TPSA) is 83.9 Å². The van der Waals surface area contributed by atoms with Crippen LogP contribution in [0, 0.1) is 0 Å². The van der Waals surface area contributed by atoms with Gasteiger partial charge in [-0.3, -0.25) is 0 Å². The maximum absolute atomic E-state index is 12.8. The first-order valence-corrected chi connectivity index (χ1v) is 12.9. The summed E-state index contributed by atoms with van der Waals surface area (Å²) in [4.78, 5) is 13.0. The molecule has 1 N–H and O–H groups in total. The van der Waals surface area contributed by atoms with Gasteiger partial charge in [-0.15, -0.1) is 0 Å². The van der Waals surface area contributed by atoms with Crippen LogP contribution >= 0.6 is 0 Å². The largest absolute Gasteiger partial charge is 0.534 e. The van der Waals surface area contributed by atoms with Crippen LogP contribution in [0.25, 0.3) is 6.08 Å². The number of fused-ring (bicyclic) bond motifs is 1. The molecule has 0 aromatic heterocycles. The van der Waals surface area contributed by atoms with Gasteiger partial charge in [-0.05, 0) is 71.0 Å². The van der Waals surface area contributed by atoms with Crippen molar-refractivity contribution in [3.05, 3.63) is 101 Å². The molecule has 0 spiro atoms. The zero-order chi connectivity index (χ0) is 26.8. The molecule has 0 radical (unpaired) electrons. The van der Waals surface area contributed by atoms with E-state index in [-0.39, 0.29) is 6.04 Å². The van der Waals surface area contributed by atoms with Gasteiger partial charge in [0, 0.05) is 18.3 Å². The Labute approximate surface area is 212 Å². The summed E-state index contributed by atoms with van der Waals surface area (Å²) in [5, 5.41) is 8.87. The third kappa shape index (κ3) is 5.80. The summed E-state index contributed by atoms with van der Waals surface area (Å²) in [5.74, 6) is -1.46. The van der Waals surface area contributed by atoms with Crippen LogP contribution in [-0.4, -0.2) is 31.5 Å². The van der Waals surface area contributed by atoms with Crippen molar-refractivity contribution in [2.45, 2.75) is 31.3 Å². The van der Waals surface area contributed by atoms with Gasteiger partial charge in [0.2, 0.25) is 0 Å². The molecule has 3 aromatic rings. The number of carboxylic acid groups (broad SMARTS) is 1. The minimum atomic E-state index is -5.78. The lowest BCUT2D eigenvalue weighted by Gasteiger charge is -2.39. The maximum Gasteiger partial charge on any atom is 0.534 e. The van der Waals surface area contributed by atoms with Crippen LogP contribution in [0.1, 0.15) is 40.8 Å². The number of benzene rings is 3. The fraction of sp³-hybridized carbons (Fsp3) is 0.222. The average Bonchev–Trinajstić information content (AvgIpc) is 2.86. The van der Waals surface area contributed by atoms with Gasteiger partial charge in [0.05, 0.1) is 6.04 Å². The van der Waals surface area contributed by atoms with E-state index in [1.54, 1.807) is 18.2 Å². The van der Waals surface area contributed by atoms with Gasteiger partial charge in [0.25, 0.3) is 0 Å². The quantitative estimate of drug-likeness (QED) is 0.238. The first-order valence-electron chi connectivity index (χ1n) is 11.5. The number of alkyl halides is 3. The number of anilines is 1. The maximum atomic E-state index is 12.8. The van der Waals surface area contributed by atoms with E-state index in [1.807, 2.05) is 36.4 Å². The lowest BCUT2D eigenvalue weighted by molar-refractivity contribution is -0.131. The lowest BCUT2D eigenvalue weighted by Crippen LogP contribution is -2.36. The van der Waals surface area contributed by atoms with Gasteiger partial charge in [0.1, 0.15) is 5.75 Å². The Bertz CT molecular complexity index is 1420. The summed E-state index contributed by atoms with van der Waals surface area (Å²) < 4.78 is 65.8. The number of hydrogen-bond acceptors (Lipinski definition) is 5. The first kappa shape index (κ1) is 26.3. The van der Waals surface area contributed by atoms with Crippen molar-refractivity contribution >= 4 is 27.9 Å². The molecule has 1 atom stereocenters. The molecule has 0 aliphatic carbocycles. The fourth-order valence-corrected chi connectivity index (χ4v) is 4.80. The molecular weight excluding hydrogens is 507 g/mol. The predicted octanol–water partition coefficient (Wildman–Crippen LogP) is 5.73. The van der Waals surface area contributed by atoms with Gasteiger partial charge in [0.15, 0.2) is 0 Å². The van der Waals surface area contributed by atoms with Crippen molar-refractivity contribution in [3.63, 3.8) is 0 Å². The highest BCUT2D eigenvalue weighted by atomic mass is 32.2. The minimum absolute atomic E-state index is 0.318. The molecule has 0 bridgehead atoms. The second-order valence-electron chi connectivity index (χ2n) is 8.55. The SMILES string of the molecule is CCc1ccc(N2CCc3cc(OS(=O)(=O)C(F)(F)F)ccc3C2c2ccc(C=CC(=O)O)cc2)cc1. The first-order chi connectivity index (χ1) is 17.5. The number of carbonyl (C=O) groups is 1. The molecule has 1 aliphatic heterocycles. The molecule has 37 heavy (non-hydrogen) atoms. The summed E-state index contributed by atoms with van der Waals surface area (Å²) in [5.41, 5.74) is -0.328. The number of halogens is 3. The molecule has 4 rings (SSSR count). The van der Waals surface area contributed by atoms with Crippen molar-refractivity contribution in [1.82, 2.24) is 0 Å². The van der Waals surface area contributed by atoms with Crippen LogP contribution in [0.4, 0.5) is 18.9 Å². The standard InChI is InChI=1S/C27H24F3NO5S/c1-2-18-5-10-22(11-6-18)31-16-15-21-17-23(36-37(34,35)27(28,29)30)12-13-24(21)26(31)20-8-3-19(4-9-20)7-14-25(32)33/h3-14,17,26H,2,15-16H2,1H3,(H,32,33). The molecule has 0 saturated heterocycles. The van der Waals surface area contributed by atoms with Gasteiger partial charge in [-0.1, -0.05) is 49.4 Å². The van der Waals surface area contributed by atoms with Gasteiger partial charge < -0.3 is 14.2 Å². The van der Waals surface area contributed by atoms with Crippen LogP contribution in [0.5, 0.6) is 5.75 Å². The molecule has 194 valence electrons. The van der Waals surface area contributed by atoms with Crippen LogP contribution in [0.15, 0.2) is 72.8 Å². The number of aryl methyl sites for hydroxylation is 1. The second-order valence-corrected chi connectivity index (χ2v) is 10.1. The monoisotopic (exact) mass is 531 g/mol. The Hall–Kier alpha value is -3.79. The number of rotatable bonds is 7. The molecule has 1 unspecified atom stereocenters. The Balaban J connectivity index is 1.74. The molecule has 1 heterocycles. The second kappa shape index (κ2) is 10.3. The van der Waals surface area contributed by atoms with E-state index in [4.69, 9.17) is 5.11 Å². The Kier molecular flexibility index (Phi) is 7.31. The average molecular weight is 532 g/mol. The van der Waals surface area contributed by atoms with Crippen molar-refractivity contribution in [3.8, 4) is 5.75 Å².